The minimum Gasteiger partial charge on any atom is -0.493 e. The molecule has 4 heteroatoms. The van der Waals surface area contributed by atoms with Crippen LogP contribution in [0.25, 0.3) is 0 Å². The van der Waals surface area contributed by atoms with Gasteiger partial charge in [-0.05, 0) is 37.5 Å². The summed E-state index contributed by atoms with van der Waals surface area (Å²) in [7, 11) is 3.25. The number of hydrazine groups is 1. The number of ether oxygens (including phenoxy) is 2. The summed E-state index contributed by atoms with van der Waals surface area (Å²) in [5, 5.41) is 0. The van der Waals surface area contributed by atoms with E-state index in [4.69, 9.17) is 15.3 Å². The van der Waals surface area contributed by atoms with Gasteiger partial charge in [-0.15, -0.1) is 6.58 Å². The first kappa shape index (κ1) is 14.5. The summed E-state index contributed by atoms with van der Waals surface area (Å²) >= 11 is 0. The maximum absolute atomic E-state index is 5.60. The van der Waals surface area contributed by atoms with Gasteiger partial charge in [-0.2, -0.15) is 0 Å². The van der Waals surface area contributed by atoms with E-state index in [1.807, 2.05) is 25.1 Å². The molecule has 0 bridgehead atoms. The lowest BCUT2D eigenvalue weighted by atomic mass is 10.00. The van der Waals surface area contributed by atoms with Gasteiger partial charge in [-0.25, -0.2) is 0 Å². The summed E-state index contributed by atoms with van der Waals surface area (Å²) in [4.78, 5) is 0. The molecule has 4 nitrogen and oxygen atoms in total. The molecule has 0 aliphatic rings. The maximum Gasteiger partial charge on any atom is 0.161 e. The van der Waals surface area contributed by atoms with Crippen molar-refractivity contribution in [3.8, 4) is 11.5 Å². The average Bonchev–Trinajstić information content (AvgIpc) is 2.38. The van der Waals surface area contributed by atoms with Gasteiger partial charge in [0, 0.05) is 6.04 Å². The van der Waals surface area contributed by atoms with Crippen LogP contribution in [0.2, 0.25) is 0 Å². The molecule has 0 aliphatic heterocycles. The van der Waals surface area contributed by atoms with Crippen LogP contribution in [0.5, 0.6) is 11.5 Å². The molecule has 0 amide bonds. The van der Waals surface area contributed by atoms with E-state index in [9.17, 15) is 0 Å². The van der Waals surface area contributed by atoms with Crippen LogP contribution in [-0.2, 0) is 0 Å². The second-order valence-corrected chi connectivity index (χ2v) is 4.33. The smallest absolute Gasteiger partial charge is 0.161 e. The van der Waals surface area contributed by atoms with Crippen molar-refractivity contribution in [3.63, 3.8) is 0 Å². The Morgan fingerprint density at radius 3 is 2.50 bits per heavy atom. The van der Waals surface area contributed by atoms with Gasteiger partial charge in [0.15, 0.2) is 11.5 Å². The maximum atomic E-state index is 5.60. The third-order valence-electron chi connectivity index (χ3n) is 2.87. The predicted molar refractivity (Wildman–Crippen MR) is 73.7 cm³/mol. The summed E-state index contributed by atoms with van der Waals surface area (Å²) in [6.07, 6.45) is 1.84. The van der Waals surface area contributed by atoms with E-state index in [2.05, 4.69) is 12.0 Å². The second kappa shape index (κ2) is 7.03. The second-order valence-electron chi connectivity index (χ2n) is 4.33. The van der Waals surface area contributed by atoms with Gasteiger partial charge in [0.1, 0.15) is 0 Å². The van der Waals surface area contributed by atoms with Crippen LogP contribution in [0.4, 0.5) is 0 Å². The third-order valence-corrected chi connectivity index (χ3v) is 2.87. The summed E-state index contributed by atoms with van der Waals surface area (Å²) in [6.45, 7) is 5.92. The van der Waals surface area contributed by atoms with Crippen LogP contribution < -0.4 is 20.7 Å². The topological polar surface area (TPSA) is 56.5 Å². The quantitative estimate of drug-likeness (QED) is 0.443. The molecule has 0 aliphatic carbocycles. The normalized spacial score (nSPS) is 12.0. The van der Waals surface area contributed by atoms with Gasteiger partial charge in [-0.3, -0.25) is 11.3 Å². The van der Waals surface area contributed by atoms with Crippen LogP contribution in [0.1, 0.15) is 31.4 Å². The lowest BCUT2D eigenvalue weighted by Crippen LogP contribution is -2.28. The predicted octanol–water partition coefficient (Wildman–Crippen LogP) is 2.56. The molecule has 1 rings (SSSR count). The first-order valence-electron chi connectivity index (χ1n) is 5.94. The van der Waals surface area contributed by atoms with Crippen LogP contribution in [-0.4, -0.2) is 14.2 Å². The zero-order chi connectivity index (χ0) is 13.5. The molecule has 18 heavy (non-hydrogen) atoms. The SMILES string of the molecule is C=C(C)CCC(NN)c1ccc(OC)c(OC)c1. The van der Waals surface area contributed by atoms with Gasteiger partial charge in [-0.1, -0.05) is 11.6 Å². The van der Waals surface area contributed by atoms with Crippen LogP contribution in [0, 0.1) is 0 Å². The van der Waals surface area contributed by atoms with Crippen LogP contribution in [0.3, 0.4) is 0 Å². The van der Waals surface area contributed by atoms with Crippen molar-refractivity contribution < 1.29 is 9.47 Å². The molecule has 0 radical (unpaired) electrons. The van der Waals surface area contributed by atoms with Crippen molar-refractivity contribution in [1.29, 1.82) is 0 Å². The van der Waals surface area contributed by atoms with E-state index in [0.717, 1.165) is 29.7 Å². The van der Waals surface area contributed by atoms with Crippen molar-refractivity contribution in [2.75, 3.05) is 14.2 Å². The molecule has 100 valence electrons. The first-order valence-corrected chi connectivity index (χ1v) is 5.94. The number of hydrogen-bond donors (Lipinski definition) is 2. The van der Waals surface area contributed by atoms with E-state index < -0.39 is 0 Å². The Bertz CT molecular complexity index is 405. The van der Waals surface area contributed by atoms with Crippen molar-refractivity contribution in [3.05, 3.63) is 35.9 Å². The van der Waals surface area contributed by atoms with Gasteiger partial charge < -0.3 is 9.47 Å². The van der Waals surface area contributed by atoms with E-state index in [1.165, 1.54) is 0 Å². The molecule has 0 spiro atoms. The van der Waals surface area contributed by atoms with E-state index in [1.54, 1.807) is 14.2 Å². The molecular formula is C14H22N2O2. The Hall–Kier alpha value is -1.52. The Labute approximate surface area is 109 Å². The van der Waals surface area contributed by atoms with Crippen molar-refractivity contribution >= 4 is 0 Å². The highest BCUT2D eigenvalue weighted by atomic mass is 16.5. The number of nitrogens with one attached hydrogen (secondary N) is 1. The fourth-order valence-corrected chi connectivity index (χ4v) is 1.81. The Balaban J connectivity index is 2.88. The fraction of sp³-hybridized carbons (Fsp3) is 0.429. The highest BCUT2D eigenvalue weighted by molar-refractivity contribution is 5.43. The first-order chi connectivity index (χ1) is 8.62. The van der Waals surface area contributed by atoms with Crippen LogP contribution in [0.15, 0.2) is 30.4 Å². The molecule has 1 aromatic rings. The summed E-state index contributed by atoms with van der Waals surface area (Å²) in [5.74, 6) is 7.03. The minimum absolute atomic E-state index is 0.0847. The van der Waals surface area contributed by atoms with E-state index in [-0.39, 0.29) is 6.04 Å². The van der Waals surface area contributed by atoms with E-state index in [0.29, 0.717) is 5.75 Å². The number of nitrogens with two attached hydrogens (primary N) is 1. The summed E-state index contributed by atoms with van der Waals surface area (Å²) < 4.78 is 10.5. The van der Waals surface area contributed by atoms with Gasteiger partial charge >= 0.3 is 0 Å². The van der Waals surface area contributed by atoms with E-state index >= 15 is 0 Å². The molecule has 0 aromatic heterocycles. The third kappa shape index (κ3) is 3.75. The molecule has 0 fully saturated rings. The molecule has 0 saturated heterocycles. The molecule has 1 aromatic carbocycles. The highest BCUT2D eigenvalue weighted by Crippen LogP contribution is 2.31. The Kier molecular flexibility index (Phi) is 5.68. The standard InChI is InChI=1S/C14H22N2O2/c1-10(2)5-7-12(16-15)11-6-8-13(17-3)14(9-11)18-4/h6,8-9,12,16H,1,5,7,15H2,2-4H3. The Morgan fingerprint density at radius 1 is 1.33 bits per heavy atom. The molecule has 0 heterocycles. The fourth-order valence-electron chi connectivity index (χ4n) is 1.81. The Morgan fingerprint density at radius 2 is 2.00 bits per heavy atom. The van der Waals surface area contributed by atoms with Gasteiger partial charge in [0.05, 0.1) is 14.2 Å². The number of benzene rings is 1. The highest BCUT2D eigenvalue weighted by Gasteiger charge is 2.12. The monoisotopic (exact) mass is 250 g/mol. The van der Waals surface area contributed by atoms with Crippen molar-refractivity contribution in [2.24, 2.45) is 5.84 Å². The van der Waals surface area contributed by atoms with Crippen molar-refractivity contribution in [2.45, 2.75) is 25.8 Å². The number of hydrogen-bond acceptors (Lipinski definition) is 4. The molecule has 0 saturated carbocycles. The zero-order valence-electron chi connectivity index (χ0n) is 11.3. The largest absolute Gasteiger partial charge is 0.493 e. The lowest BCUT2D eigenvalue weighted by Gasteiger charge is -2.18. The molecule has 3 N–H and O–H groups in total. The average molecular weight is 250 g/mol. The number of methoxy groups -OCH3 is 2. The lowest BCUT2D eigenvalue weighted by molar-refractivity contribution is 0.353. The summed E-state index contributed by atoms with van der Waals surface area (Å²) in [5.41, 5.74) is 5.05. The van der Waals surface area contributed by atoms with Gasteiger partial charge in [0.2, 0.25) is 0 Å². The molecular weight excluding hydrogens is 228 g/mol. The van der Waals surface area contributed by atoms with Gasteiger partial charge in [0.25, 0.3) is 0 Å². The van der Waals surface area contributed by atoms with Crippen molar-refractivity contribution in [1.82, 2.24) is 5.43 Å². The minimum atomic E-state index is 0.0847. The summed E-state index contributed by atoms with van der Waals surface area (Å²) in [6, 6.07) is 5.91. The van der Waals surface area contributed by atoms with Crippen LogP contribution >= 0.6 is 0 Å². The number of allylic oxidation sites excluding steroid dienone is 1. The molecule has 1 unspecified atom stereocenters. The zero-order valence-corrected chi connectivity index (χ0v) is 11.3. The number of rotatable bonds is 7. The molecule has 1 atom stereocenters.